The second kappa shape index (κ2) is 9.58. The van der Waals surface area contributed by atoms with Crippen LogP contribution >= 0.6 is 0 Å². The van der Waals surface area contributed by atoms with Gasteiger partial charge in [0.25, 0.3) is 0 Å². The first kappa shape index (κ1) is 20.8. The third-order valence-corrected chi connectivity index (χ3v) is 6.68. The molecule has 0 saturated carbocycles. The van der Waals surface area contributed by atoms with Crippen LogP contribution in [-0.4, -0.2) is 36.5 Å². The van der Waals surface area contributed by atoms with Crippen LogP contribution in [0.3, 0.4) is 0 Å². The van der Waals surface area contributed by atoms with Gasteiger partial charge in [0.05, 0.1) is 0 Å². The number of hydrogen-bond donors (Lipinski definition) is 1. The summed E-state index contributed by atoms with van der Waals surface area (Å²) >= 11 is 0. The molecule has 0 bridgehead atoms. The lowest BCUT2D eigenvalue weighted by molar-refractivity contribution is -0.117. The van der Waals surface area contributed by atoms with Crippen molar-refractivity contribution in [2.24, 2.45) is 0 Å². The van der Waals surface area contributed by atoms with Crippen molar-refractivity contribution in [3.63, 3.8) is 0 Å². The van der Waals surface area contributed by atoms with E-state index in [9.17, 15) is 4.79 Å². The number of fused-ring (bicyclic) bond motifs is 2. The molecule has 3 aromatic carbocycles. The molecule has 32 heavy (non-hydrogen) atoms. The van der Waals surface area contributed by atoms with Gasteiger partial charge in [-0.1, -0.05) is 66.7 Å². The average Bonchev–Trinajstić information content (AvgIpc) is 3.38. The first-order chi connectivity index (χ1) is 15.8. The molecule has 2 aliphatic rings. The summed E-state index contributed by atoms with van der Waals surface area (Å²) in [5.74, 6) is 1.03. The second-order valence-corrected chi connectivity index (χ2v) is 8.75. The Kier molecular flexibility index (Phi) is 6.22. The number of rotatable bonds is 7. The highest BCUT2D eigenvalue weighted by molar-refractivity contribution is 5.93. The van der Waals surface area contributed by atoms with Gasteiger partial charge in [0.15, 0.2) is 0 Å². The largest absolute Gasteiger partial charge is 0.492 e. The average molecular weight is 427 g/mol. The standard InChI is InChI=1S/C28H30N2O2/c31-28(22-9-1-2-10-22)29-19-25-18-23-11-3-4-12-24(23)20-30(25)16-17-32-27-15-7-13-21-8-5-6-14-26(21)27/h3-9,11-15,25H,1-2,10,16-20H2,(H,29,31). The van der Waals surface area contributed by atoms with E-state index in [-0.39, 0.29) is 11.9 Å². The Balaban J connectivity index is 1.25. The molecular weight excluding hydrogens is 396 g/mol. The third kappa shape index (κ3) is 4.56. The van der Waals surface area contributed by atoms with Crippen LogP contribution in [0.25, 0.3) is 10.8 Å². The van der Waals surface area contributed by atoms with E-state index < -0.39 is 0 Å². The topological polar surface area (TPSA) is 41.6 Å². The van der Waals surface area contributed by atoms with Crippen molar-refractivity contribution in [3.8, 4) is 5.75 Å². The molecule has 1 unspecified atom stereocenters. The van der Waals surface area contributed by atoms with E-state index in [1.165, 1.54) is 16.5 Å². The van der Waals surface area contributed by atoms with E-state index in [4.69, 9.17) is 4.74 Å². The molecule has 3 aromatic rings. The summed E-state index contributed by atoms with van der Waals surface area (Å²) in [7, 11) is 0. The lowest BCUT2D eigenvalue weighted by Crippen LogP contribution is -2.48. The van der Waals surface area contributed by atoms with Crippen molar-refractivity contribution < 1.29 is 9.53 Å². The smallest absolute Gasteiger partial charge is 0.246 e. The molecule has 1 aliphatic carbocycles. The fourth-order valence-corrected chi connectivity index (χ4v) is 4.90. The predicted octanol–water partition coefficient (Wildman–Crippen LogP) is 4.87. The number of allylic oxidation sites excluding steroid dienone is 1. The maximum atomic E-state index is 12.5. The van der Waals surface area contributed by atoms with E-state index in [0.717, 1.165) is 55.5 Å². The lowest BCUT2D eigenvalue weighted by Gasteiger charge is -2.37. The summed E-state index contributed by atoms with van der Waals surface area (Å²) in [5.41, 5.74) is 3.71. The summed E-state index contributed by atoms with van der Waals surface area (Å²) in [6.07, 6.45) is 6.06. The molecule has 1 aliphatic heterocycles. The van der Waals surface area contributed by atoms with E-state index in [0.29, 0.717) is 13.2 Å². The summed E-state index contributed by atoms with van der Waals surface area (Å²) in [4.78, 5) is 15.0. The number of nitrogens with zero attached hydrogens (tertiary/aromatic N) is 1. The van der Waals surface area contributed by atoms with Crippen LogP contribution in [0.4, 0.5) is 0 Å². The van der Waals surface area contributed by atoms with Gasteiger partial charge in [0.2, 0.25) is 5.91 Å². The molecule has 5 rings (SSSR count). The SMILES string of the molecule is O=C(NCC1Cc2ccccc2CN1CCOc1cccc2ccccc12)C1=CCCC1. The van der Waals surface area contributed by atoms with Crippen LogP contribution in [0.15, 0.2) is 78.4 Å². The van der Waals surface area contributed by atoms with Crippen molar-refractivity contribution in [1.29, 1.82) is 0 Å². The Morgan fingerprint density at radius 1 is 1.00 bits per heavy atom. The first-order valence-electron chi connectivity index (χ1n) is 11.7. The van der Waals surface area contributed by atoms with Gasteiger partial charge < -0.3 is 10.1 Å². The number of carbonyl (C=O) groups is 1. The van der Waals surface area contributed by atoms with Crippen LogP contribution < -0.4 is 10.1 Å². The Labute approximate surface area is 189 Å². The Bertz CT molecular complexity index is 1130. The zero-order chi connectivity index (χ0) is 21.8. The van der Waals surface area contributed by atoms with Gasteiger partial charge in [-0.15, -0.1) is 0 Å². The monoisotopic (exact) mass is 426 g/mol. The van der Waals surface area contributed by atoms with Gasteiger partial charge in [-0.3, -0.25) is 9.69 Å². The van der Waals surface area contributed by atoms with Gasteiger partial charge in [0, 0.05) is 36.6 Å². The van der Waals surface area contributed by atoms with E-state index in [1.54, 1.807) is 0 Å². The third-order valence-electron chi connectivity index (χ3n) is 6.68. The number of amides is 1. The van der Waals surface area contributed by atoms with Crippen LogP contribution in [0.1, 0.15) is 30.4 Å². The summed E-state index contributed by atoms with van der Waals surface area (Å²) in [6.45, 7) is 2.99. The van der Waals surface area contributed by atoms with E-state index in [1.807, 2.05) is 12.1 Å². The molecule has 0 spiro atoms. The van der Waals surface area contributed by atoms with Crippen molar-refractivity contribution in [3.05, 3.63) is 89.5 Å². The van der Waals surface area contributed by atoms with Gasteiger partial charge in [-0.2, -0.15) is 0 Å². The highest BCUT2D eigenvalue weighted by Gasteiger charge is 2.26. The Hall–Kier alpha value is -3.11. The van der Waals surface area contributed by atoms with Crippen LogP contribution in [0.5, 0.6) is 5.75 Å². The molecule has 164 valence electrons. The normalized spacial score (nSPS) is 18.2. The first-order valence-corrected chi connectivity index (χ1v) is 11.7. The number of benzene rings is 3. The van der Waals surface area contributed by atoms with Crippen LogP contribution in [0, 0.1) is 0 Å². The summed E-state index contributed by atoms with van der Waals surface area (Å²) < 4.78 is 6.23. The zero-order valence-corrected chi connectivity index (χ0v) is 18.4. The summed E-state index contributed by atoms with van der Waals surface area (Å²) in [5, 5.41) is 5.54. The van der Waals surface area contributed by atoms with Crippen LogP contribution in [0.2, 0.25) is 0 Å². The molecular formula is C28H30N2O2. The molecule has 4 heteroatoms. The molecule has 0 radical (unpaired) electrons. The van der Waals surface area contributed by atoms with Crippen molar-refractivity contribution >= 4 is 16.7 Å². The molecule has 1 N–H and O–H groups in total. The second-order valence-electron chi connectivity index (χ2n) is 8.75. The Morgan fingerprint density at radius 3 is 2.69 bits per heavy atom. The number of nitrogens with one attached hydrogen (secondary N) is 1. The minimum absolute atomic E-state index is 0.105. The highest BCUT2D eigenvalue weighted by Crippen LogP contribution is 2.26. The molecule has 0 fully saturated rings. The maximum absolute atomic E-state index is 12.5. The quantitative estimate of drug-likeness (QED) is 0.586. The molecule has 0 aromatic heterocycles. The predicted molar refractivity (Wildman–Crippen MR) is 129 cm³/mol. The van der Waals surface area contributed by atoms with Crippen molar-refractivity contribution in [1.82, 2.24) is 10.2 Å². The van der Waals surface area contributed by atoms with Gasteiger partial charge in [-0.05, 0) is 48.3 Å². The molecule has 4 nitrogen and oxygen atoms in total. The lowest BCUT2D eigenvalue weighted by atomic mass is 9.94. The highest BCUT2D eigenvalue weighted by atomic mass is 16.5. The molecule has 1 heterocycles. The van der Waals surface area contributed by atoms with E-state index in [2.05, 4.69) is 70.9 Å². The maximum Gasteiger partial charge on any atom is 0.246 e. The fourth-order valence-electron chi connectivity index (χ4n) is 4.90. The summed E-state index contributed by atoms with van der Waals surface area (Å²) in [6, 6.07) is 23.4. The number of ether oxygens (including phenoxy) is 1. The van der Waals surface area contributed by atoms with Crippen LogP contribution in [-0.2, 0) is 17.8 Å². The number of carbonyl (C=O) groups excluding carboxylic acids is 1. The molecule has 1 atom stereocenters. The minimum Gasteiger partial charge on any atom is -0.492 e. The molecule has 1 amide bonds. The fraction of sp³-hybridized carbons (Fsp3) is 0.321. The van der Waals surface area contributed by atoms with Gasteiger partial charge in [0.1, 0.15) is 12.4 Å². The van der Waals surface area contributed by atoms with Crippen molar-refractivity contribution in [2.75, 3.05) is 19.7 Å². The molecule has 0 saturated heterocycles. The Morgan fingerprint density at radius 2 is 1.81 bits per heavy atom. The van der Waals surface area contributed by atoms with Gasteiger partial charge in [-0.25, -0.2) is 0 Å². The zero-order valence-electron chi connectivity index (χ0n) is 18.4. The minimum atomic E-state index is 0.105. The van der Waals surface area contributed by atoms with Crippen molar-refractivity contribution in [2.45, 2.75) is 38.3 Å². The van der Waals surface area contributed by atoms with Gasteiger partial charge >= 0.3 is 0 Å². The van der Waals surface area contributed by atoms with E-state index >= 15 is 0 Å². The number of hydrogen-bond acceptors (Lipinski definition) is 3.